The summed E-state index contributed by atoms with van der Waals surface area (Å²) in [5.74, 6) is -0.711. The van der Waals surface area contributed by atoms with Gasteiger partial charge in [0.15, 0.2) is 0 Å². The molecule has 0 fully saturated rings. The van der Waals surface area contributed by atoms with E-state index >= 15 is 0 Å². The van der Waals surface area contributed by atoms with Gasteiger partial charge in [-0.2, -0.15) is 5.10 Å². The van der Waals surface area contributed by atoms with Gasteiger partial charge in [0.25, 0.3) is 0 Å². The van der Waals surface area contributed by atoms with Gasteiger partial charge in [0, 0.05) is 7.05 Å². The molecule has 0 aliphatic rings. The first kappa shape index (κ1) is 12.3. The second-order valence-corrected chi connectivity index (χ2v) is 4.16. The lowest BCUT2D eigenvalue weighted by Gasteiger charge is -2.07. The number of aromatic nitrogens is 2. The van der Waals surface area contributed by atoms with E-state index in [1.165, 1.54) is 7.05 Å². The summed E-state index contributed by atoms with van der Waals surface area (Å²) in [7, 11) is 1.43. The molecule has 0 aliphatic heterocycles. The molecule has 0 saturated heterocycles. The Kier molecular flexibility index (Phi) is 4.00. The number of aryl methyl sites for hydroxylation is 1. The van der Waals surface area contributed by atoms with Gasteiger partial charge in [0.05, 0.1) is 6.61 Å². The molecule has 1 unspecified atom stereocenters. The minimum Gasteiger partial charge on any atom is -0.767 e. The van der Waals surface area contributed by atoms with Crippen LogP contribution in [0.1, 0.15) is 17.3 Å². The number of hydrogen-bond donors (Lipinski definition) is 0. The molecule has 15 heavy (non-hydrogen) atoms. The van der Waals surface area contributed by atoms with E-state index < -0.39 is 17.0 Å². The minimum atomic E-state index is -2.54. The van der Waals surface area contributed by atoms with Crippen LogP contribution >= 0.6 is 15.9 Å². The molecule has 0 bridgehead atoms. The summed E-state index contributed by atoms with van der Waals surface area (Å²) in [5, 5.41) is 3.58. The molecule has 8 heteroatoms. The largest absolute Gasteiger partial charge is 0.767 e. The summed E-state index contributed by atoms with van der Waals surface area (Å²) < 4.78 is 27.7. The topological polar surface area (TPSA) is 84.2 Å². The highest BCUT2D eigenvalue weighted by Gasteiger charge is 2.22. The van der Waals surface area contributed by atoms with Gasteiger partial charge in [-0.1, -0.05) is 0 Å². The van der Waals surface area contributed by atoms with Gasteiger partial charge in [0.2, 0.25) is 0 Å². The number of hydrogen-bond acceptors (Lipinski definition) is 5. The van der Waals surface area contributed by atoms with Crippen LogP contribution in [0.25, 0.3) is 0 Å². The number of nitrogens with zero attached hydrogens (tertiary/aromatic N) is 2. The Morgan fingerprint density at radius 1 is 1.73 bits per heavy atom. The number of esters is 1. The van der Waals surface area contributed by atoms with Crippen molar-refractivity contribution in [3.05, 3.63) is 10.2 Å². The van der Waals surface area contributed by atoms with Gasteiger partial charge in [-0.15, -0.1) is 0 Å². The first-order valence-electron chi connectivity index (χ1n) is 3.97. The fourth-order valence-electron chi connectivity index (χ4n) is 1.04. The van der Waals surface area contributed by atoms with E-state index in [1.807, 2.05) is 0 Å². The highest BCUT2D eigenvalue weighted by molar-refractivity contribution is 9.10. The van der Waals surface area contributed by atoms with Crippen molar-refractivity contribution in [2.24, 2.45) is 7.05 Å². The molecule has 84 valence electrons. The lowest BCUT2D eigenvalue weighted by Crippen LogP contribution is -2.10. The molecular weight excluding hydrogens is 288 g/mol. The molecule has 0 radical (unpaired) electrons. The summed E-state index contributed by atoms with van der Waals surface area (Å²) in [4.78, 5) is 11.4. The summed E-state index contributed by atoms with van der Waals surface area (Å²) in [6.45, 7) is 1.81. The number of carbonyl (C=O) groups excluding carboxylic acids is 1. The number of halogens is 1. The molecule has 1 atom stereocenters. The van der Waals surface area contributed by atoms with Crippen molar-refractivity contribution in [1.29, 1.82) is 0 Å². The monoisotopic (exact) mass is 295 g/mol. The molecule has 0 spiro atoms. The number of carbonyl (C=O) groups is 1. The average molecular weight is 296 g/mol. The van der Waals surface area contributed by atoms with E-state index in [-0.39, 0.29) is 21.8 Å². The highest BCUT2D eigenvalue weighted by atomic mass is 79.9. The molecule has 0 saturated carbocycles. The first-order chi connectivity index (χ1) is 6.99. The van der Waals surface area contributed by atoms with Crippen molar-refractivity contribution in [1.82, 2.24) is 9.78 Å². The van der Waals surface area contributed by atoms with Crippen LogP contribution in [0.3, 0.4) is 0 Å². The third kappa shape index (κ3) is 2.44. The lowest BCUT2D eigenvalue weighted by atomic mass is 10.4. The zero-order valence-corrected chi connectivity index (χ0v) is 10.4. The predicted molar refractivity (Wildman–Crippen MR) is 54.1 cm³/mol. The maximum absolute atomic E-state index is 11.4. The van der Waals surface area contributed by atoms with Gasteiger partial charge in [-0.25, -0.2) is 4.79 Å². The van der Waals surface area contributed by atoms with Crippen LogP contribution < -0.4 is 0 Å². The summed E-state index contributed by atoms with van der Waals surface area (Å²) in [5.41, 5.74) is -0.0762. The van der Waals surface area contributed by atoms with Crippen molar-refractivity contribution in [3.63, 3.8) is 0 Å². The van der Waals surface area contributed by atoms with Crippen LogP contribution in [-0.2, 0) is 22.9 Å². The average Bonchev–Trinajstić information content (AvgIpc) is 2.41. The van der Waals surface area contributed by atoms with Crippen molar-refractivity contribution in [3.8, 4) is 0 Å². The van der Waals surface area contributed by atoms with Crippen LogP contribution in [0.2, 0.25) is 0 Å². The molecular formula is C7H8BrN2O4S-. The van der Waals surface area contributed by atoms with E-state index in [0.717, 1.165) is 4.68 Å². The van der Waals surface area contributed by atoms with E-state index in [2.05, 4.69) is 21.0 Å². The maximum Gasteiger partial charge on any atom is 0.343 e. The van der Waals surface area contributed by atoms with Gasteiger partial charge in [-0.05, 0) is 33.9 Å². The first-order valence-corrected chi connectivity index (χ1v) is 5.84. The van der Waals surface area contributed by atoms with Crippen LogP contribution in [-0.4, -0.2) is 31.1 Å². The predicted octanol–water partition coefficient (Wildman–Crippen LogP) is 0.597. The molecule has 1 heterocycles. The molecule has 1 aromatic rings. The van der Waals surface area contributed by atoms with E-state index in [0.29, 0.717) is 0 Å². The Hall–Kier alpha value is -0.730. The van der Waals surface area contributed by atoms with Crippen molar-refractivity contribution in [2.75, 3.05) is 6.61 Å². The molecule has 0 aliphatic carbocycles. The van der Waals surface area contributed by atoms with Crippen molar-refractivity contribution >= 4 is 33.0 Å². The molecule has 1 aromatic heterocycles. The van der Waals surface area contributed by atoms with E-state index in [1.54, 1.807) is 6.92 Å². The SMILES string of the molecule is CCOC(=O)c1c(Br)nn(C)c1S(=O)[O-]. The van der Waals surface area contributed by atoms with Crippen LogP contribution in [0.5, 0.6) is 0 Å². The standard InChI is InChI=1S/C7H9BrN2O4S/c1-3-14-7(11)4-5(8)9-10(2)6(4)15(12)13/h3H2,1-2H3,(H,12,13)/p-1. The van der Waals surface area contributed by atoms with Crippen molar-refractivity contribution in [2.45, 2.75) is 11.9 Å². The number of ether oxygens (including phenoxy) is 1. The van der Waals surface area contributed by atoms with Crippen molar-refractivity contribution < 1.29 is 18.3 Å². The molecule has 1 rings (SSSR count). The smallest absolute Gasteiger partial charge is 0.343 e. The third-order valence-corrected chi connectivity index (χ3v) is 2.93. The minimum absolute atomic E-state index is 0.0762. The Morgan fingerprint density at radius 2 is 2.33 bits per heavy atom. The summed E-state index contributed by atoms with van der Waals surface area (Å²) in [6.07, 6.45) is 0. The Balaban J connectivity index is 3.26. The van der Waals surface area contributed by atoms with Crippen LogP contribution in [0.4, 0.5) is 0 Å². The fraction of sp³-hybridized carbons (Fsp3) is 0.429. The maximum atomic E-state index is 11.4. The van der Waals surface area contributed by atoms with E-state index in [9.17, 15) is 13.6 Å². The number of rotatable bonds is 3. The molecule has 0 N–H and O–H groups in total. The molecule has 0 aromatic carbocycles. The second kappa shape index (κ2) is 4.86. The normalized spacial score (nSPS) is 12.5. The molecule has 6 nitrogen and oxygen atoms in total. The Morgan fingerprint density at radius 3 is 2.80 bits per heavy atom. The molecule has 0 amide bonds. The van der Waals surface area contributed by atoms with E-state index in [4.69, 9.17) is 4.74 Å². The van der Waals surface area contributed by atoms with Crippen LogP contribution in [0, 0.1) is 0 Å². The summed E-state index contributed by atoms with van der Waals surface area (Å²) in [6, 6.07) is 0. The zero-order chi connectivity index (χ0) is 11.6. The quantitative estimate of drug-likeness (QED) is 0.602. The Bertz CT molecular complexity index is 417. The van der Waals surface area contributed by atoms with Gasteiger partial charge in [-0.3, -0.25) is 8.89 Å². The van der Waals surface area contributed by atoms with Gasteiger partial charge >= 0.3 is 5.97 Å². The third-order valence-electron chi connectivity index (χ3n) is 1.59. The lowest BCUT2D eigenvalue weighted by molar-refractivity contribution is 0.0520. The zero-order valence-electron chi connectivity index (χ0n) is 8.02. The second-order valence-electron chi connectivity index (χ2n) is 2.55. The summed E-state index contributed by atoms with van der Waals surface area (Å²) >= 11 is 0.465. The highest BCUT2D eigenvalue weighted by Crippen LogP contribution is 2.22. The van der Waals surface area contributed by atoms with Gasteiger partial charge in [0.1, 0.15) is 15.2 Å². The van der Waals surface area contributed by atoms with Crippen LogP contribution in [0.15, 0.2) is 9.63 Å². The fourth-order valence-corrected chi connectivity index (χ4v) is 2.37. The van der Waals surface area contributed by atoms with Gasteiger partial charge < -0.3 is 9.29 Å². The Labute approximate surface area is 97.0 Å².